The molecule has 2 aromatic carbocycles. The first kappa shape index (κ1) is 16.5. The van der Waals surface area contributed by atoms with Crippen molar-refractivity contribution in [1.82, 2.24) is 9.97 Å². The van der Waals surface area contributed by atoms with E-state index in [2.05, 4.69) is 16.9 Å². The van der Waals surface area contributed by atoms with Crippen LogP contribution in [0.4, 0.5) is 11.5 Å². The SMILES string of the molecule is CCCOc1ccc2c(c1)CC(=O)CN2c1nc(C)nc2ccccc12. The average Bonchev–Trinajstić information content (AvgIpc) is 2.64. The highest BCUT2D eigenvalue weighted by molar-refractivity contribution is 5.98. The number of nitrogens with zero attached hydrogens (tertiary/aromatic N) is 3. The summed E-state index contributed by atoms with van der Waals surface area (Å²) < 4.78 is 5.73. The van der Waals surface area contributed by atoms with Gasteiger partial charge in [-0.15, -0.1) is 0 Å². The van der Waals surface area contributed by atoms with Gasteiger partial charge in [0.15, 0.2) is 5.78 Å². The quantitative estimate of drug-likeness (QED) is 0.714. The molecule has 132 valence electrons. The molecule has 26 heavy (non-hydrogen) atoms. The van der Waals surface area contributed by atoms with Crippen molar-refractivity contribution in [1.29, 1.82) is 0 Å². The first-order valence-corrected chi connectivity index (χ1v) is 8.94. The summed E-state index contributed by atoms with van der Waals surface area (Å²) in [4.78, 5) is 23.6. The molecule has 0 saturated heterocycles. The number of benzene rings is 2. The molecule has 1 aliphatic rings. The van der Waals surface area contributed by atoms with Gasteiger partial charge in [-0.3, -0.25) is 4.79 Å². The van der Waals surface area contributed by atoms with Crippen molar-refractivity contribution >= 4 is 28.2 Å². The minimum absolute atomic E-state index is 0.172. The maximum Gasteiger partial charge on any atom is 0.157 e. The lowest BCUT2D eigenvalue weighted by Crippen LogP contribution is -2.33. The summed E-state index contributed by atoms with van der Waals surface area (Å²) >= 11 is 0. The van der Waals surface area contributed by atoms with Crippen LogP contribution in [0.5, 0.6) is 5.75 Å². The van der Waals surface area contributed by atoms with E-state index >= 15 is 0 Å². The summed E-state index contributed by atoms with van der Waals surface area (Å²) in [6, 6.07) is 13.9. The van der Waals surface area contributed by atoms with Crippen LogP contribution in [0, 0.1) is 6.92 Å². The molecule has 1 aliphatic heterocycles. The molecule has 0 N–H and O–H groups in total. The Morgan fingerprint density at radius 2 is 2.00 bits per heavy atom. The molecule has 5 nitrogen and oxygen atoms in total. The van der Waals surface area contributed by atoms with Crippen molar-refractivity contribution < 1.29 is 9.53 Å². The van der Waals surface area contributed by atoms with Gasteiger partial charge in [0.25, 0.3) is 0 Å². The van der Waals surface area contributed by atoms with Gasteiger partial charge in [0, 0.05) is 17.5 Å². The van der Waals surface area contributed by atoms with Crippen LogP contribution in [0.1, 0.15) is 24.7 Å². The minimum atomic E-state index is 0.172. The topological polar surface area (TPSA) is 55.3 Å². The number of Topliss-reactive ketones (excluding diaryl/α,β-unsaturated/α-hetero) is 1. The Morgan fingerprint density at radius 3 is 2.85 bits per heavy atom. The molecule has 0 aliphatic carbocycles. The van der Waals surface area contributed by atoms with E-state index in [9.17, 15) is 4.79 Å². The lowest BCUT2D eigenvalue weighted by atomic mass is 10.00. The van der Waals surface area contributed by atoms with Gasteiger partial charge < -0.3 is 9.64 Å². The fourth-order valence-corrected chi connectivity index (χ4v) is 3.37. The largest absolute Gasteiger partial charge is 0.494 e. The maximum atomic E-state index is 12.4. The Balaban J connectivity index is 1.83. The Kier molecular flexibility index (Phi) is 4.29. The number of ether oxygens (including phenoxy) is 1. The lowest BCUT2D eigenvalue weighted by molar-refractivity contribution is -0.117. The molecular weight excluding hydrogens is 326 g/mol. The molecule has 0 spiro atoms. The molecule has 2 heterocycles. The highest BCUT2D eigenvalue weighted by Crippen LogP contribution is 2.36. The molecule has 0 unspecified atom stereocenters. The van der Waals surface area contributed by atoms with E-state index in [1.165, 1.54) is 0 Å². The number of aryl methyl sites for hydroxylation is 1. The molecule has 4 rings (SSSR count). The van der Waals surface area contributed by atoms with E-state index in [0.717, 1.165) is 40.1 Å². The number of carbonyl (C=O) groups excluding carboxylic acids is 1. The first-order chi connectivity index (χ1) is 12.7. The van der Waals surface area contributed by atoms with Crippen LogP contribution < -0.4 is 9.64 Å². The monoisotopic (exact) mass is 347 g/mol. The second kappa shape index (κ2) is 6.75. The molecule has 0 radical (unpaired) electrons. The molecule has 0 atom stereocenters. The van der Waals surface area contributed by atoms with E-state index < -0.39 is 0 Å². The molecule has 0 amide bonds. The van der Waals surface area contributed by atoms with Gasteiger partial charge in [-0.1, -0.05) is 19.1 Å². The van der Waals surface area contributed by atoms with Crippen LogP contribution in [0.3, 0.4) is 0 Å². The maximum absolute atomic E-state index is 12.4. The Hall–Kier alpha value is -2.95. The first-order valence-electron chi connectivity index (χ1n) is 8.94. The van der Waals surface area contributed by atoms with Crippen molar-refractivity contribution in [3.63, 3.8) is 0 Å². The smallest absolute Gasteiger partial charge is 0.157 e. The van der Waals surface area contributed by atoms with Crippen molar-refractivity contribution in [2.75, 3.05) is 18.1 Å². The number of aromatic nitrogens is 2. The Labute approximate surface area is 152 Å². The average molecular weight is 347 g/mol. The number of anilines is 2. The summed E-state index contributed by atoms with van der Waals surface area (Å²) in [6.45, 7) is 4.95. The third kappa shape index (κ3) is 3.01. The van der Waals surface area contributed by atoms with E-state index in [1.807, 2.05) is 54.3 Å². The van der Waals surface area contributed by atoms with Crippen molar-refractivity contribution in [3.8, 4) is 5.75 Å². The summed E-state index contributed by atoms with van der Waals surface area (Å²) in [5, 5.41) is 0.949. The summed E-state index contributed by atoms with van der Waals surface area (Å²) in [5.74, 6) is 2.46. The summed E-state index contributed by atoms with van der Waals surface area (Å²) in [7, 11) is 0. The zero-order valence-electron chi connectivity index (χ0n) is 15.0. The number of hydrogen-bond acceptors (Lipinski definition) is 5. The number of fused-ring (bicyclic) bond motifs is 2. The summed E-state index contributed by atoms with van der Waals surface area (Å²) in [5.41, 5.74) is 2.88. The van der Waals surface area contributed by atoms with Crippen molar-refractivity contribution in [3.05, 3.63) is 53.9 Å². The predicted molar refractivity (Wildman–Crippen MR) is 102 cm³/mol. The van der Waals surface area contributed by atoms with Gasteiger partial charge in [0.1, 0.15) is 17.4 Å². The molecule has 0 fully saturated rings. The van der Waals surface area contributed by atoms with E-state index in [-0.39, 0.29) is 5.78 Å². The van der Waals surface area contributed by atoms with Crippen LogP contribution in [-0.4, -0.2) is 28.9 Å². The van der Waals surface area contributed by atoms with Gasteiger partial charge >= 0.3 is 0 Å². The van der Waals surface area contributed by atoms with E-state index in [0.29, 0.717) is 25.4 Å². The molecule has 0 bridgehead atoms. The summed E-state index contributed by atoms with van der Waals surface area (Å²) in [6.07, 6.45) is 1.38. The van der Waals surface area contributed by atoms with Crippen molar-refractivity contribution in [2.45, 2.75) is 26.7 Å². The molecule has 3 aromatic rings. The molecular formula is C21H21N3O2. The second-order valence-corrected chi connectivity index (χ2v) is 6.55. The van der Waals surface area contributed by atoms with Gasteiger partial charge in [-0.2, -0.15) is 0 Å². The van der Waals surface area contributed by atoms with E-state index in [4.69, 9.17) is 4.74 Å². The fraction of sp³-hybridized carbons (Fsp3) is 0.286. The van der Waals surface area contributed by atoms with Crippen LogP contribution in [0.15, 0.2) is 42.5 Å². The third-order valence-electron chi connectivity index (χ3n) is 4.49. The van der Waals surface area contributed by atoms with Crippen LogP contribution in [-0.2, 0) is 11.2 Å². The van der Waals surface area contributed by atoms with Crippen LogP contribution in [0.25, 0.3) is 10.9 Å². The highest BCUT2D eigenvalue weighted by atomic mass is 16.5. The van der Waals surface area contributed by atoms with E-state index in [1.54, 1.807) is 0 Å². The van der Waals surface area contributed by atoms with Crippen LogP contribution in [0.2, 0.25) is 0 Å². The minimum Gasteiger partial charge on any atom is -0.494 e. The predicted octanol–water partition coefficient (Wildman–Crippen LogP) is 3.99. The zero-order valence-corrected chi connectivity index (χ0v) is 15.0. The Bertz CT molecular complexity index is 984. The van der Waals surface area contributed by atoms with Crippen molar-refractivity contribution in [2.24, 2.45) is 0 Å². The molecule has 5 heteroatoms. The Morgan fingerprint density at radius 1 is 1.15 bits per heavy atom. The molecule has 0 saturated carbocycles. The van der Waals surface area contributed by atoms with Crippen LogP contribution >= 0.6 is 0 Å². The second-order valence-electron chi connectivity index (χ2n) is 6.55. The normalized spacial score (nSPS) is 13.8. The van der Waals surface area contributed by atoms with Gasteiger partial charge in [0.05, 0.1) is 18.7 Å². The molecule has 1 aromatic heterocycles. The standard InChI is InChI=1S/C21H21N3O2/c1-3-10-26-17-8-9-20-15(12-17)11-16(25)13-24(20)21-18-6-4-5-7-19(18)22-14(2)23-21/h4-9,12H,3,10-11,13H2,1-2H3. The van der Waals surface area contributed by atoms with Gasteiger partial charge in [0.2, 0.25) is 0 Å². The van der Waals surface area contributed by atoms with Gasteiger partial charge in [-0.25, -0.2) is 9.97 Å². The highest BCUT2D eigenvalue weighted by Gasteiger charge is 2.26. The fourth-order valence-electron chi connectivity index (χ4n) is 3.37. The number of carbonyl (C=O) groups is 1. The number of hydrogen-bond donors (Lipinski definition) is 0. The third-order valence-corrected chi connectivity index (χ3v) is 4.49. The van der Waals surface area contributed by atoms with Gasteiger partial charge in [-0.05, 0) is 49.2 Å². The number of rotatable bonds is 4. The lowest BCUT2D eigenvalue weighted by Gasteiger charge is -2.30. The number of ketones is 1. The zero-order chi connectivity index (χ0) is 18.1. The number of para-hydroxylation sites is 1.